The van der Waals surface area contributed by atoms with Gasteiger partial charge in [-0.25, -0.2) is 0 Å². The predicted octanol–water partition coefficient (Wildman–Crippen LogP) is 20.8. The smallest absolute Gasteiger partial charge is 0.0713 e. The van der Waals surface area contributed by atoms with Gasteiger partial charge in [-0.2, -0.15) is 0 Å². The Labute approximate surface area is 463 Å². The molecule has 1 fully saturated rings. The van der Waals surface area contributed by atoms with Gasteiger partial charge in [0, 0.05) is 39.0 Å². The van der Waals surface area contributed by atoms with Gasteiger partial charge in [0.15, 0.2) is 0 Å². The zero-order valence-corrected chi connectivity index (χ0v) is 44.1. The van der Waals surface area contributed by atoms with Crippen molar-refractivity contribution in [2.75, 3.05) is 4.90 Å². The van der Waals surface area contributed by atoms with Crippen molar-refractivity contribution in [3.05, 3.63) is 313 Å². The van der Waals surface area contributed by atoms with Crippen molar-refractivity contribution in [2.45, 2.75) is 43.4 Å². The number of benzene rings is 12. The Morgan fingerprint density at radius 2 is 0.962 bits per heavy atom. The summed E-state index contributed by atoms with van der Waals surface area (Å²) in [6, 6.07) is 106. The Kier molecular flexibility index (Phi) is 11.5. The van der Waals surface area contributed by atoms with Crippen LogP contribution in [0.3, 0.4) is 0 Å². The Hall–Kier alpha value is -9.50. The molecule has 0 atom stereocenters. The number of fused-ring (bicyclic) bond motifs is 7. The second kappa shape index (κ2) is 19.5. The Morgan fingerprint density at radius 1 is 0.380 bits per heavy atom. The van der Waals surface area contributed by atoms with Crippen LogP contribution >= 0.6 is 0 Å². The number of para-hydroxylation sites is 4. The fourth-order valence-electron chi connectivity index (χ4n) is 14.1. The third kappa shape index (κ3) is 7.61. The van der Waals surface area contributed by atoms with Gasteiger partial charge < -0.3 is 9.47 Å². The van der Waals surface area contributed by atoms with Crippen molar-refractivity contribution >= 4 is 49.6 Å². The summed E-state index contributed by atoms with van der Waals surface area (Å²) in [7, 11) is 0. The van der Waals surface area contributed by atoms with Gasteiger partial charge in [-0.05, 0) is 139 Å². The van der Waals surface area contributed by atoms with E-state index in [1.165, 1.54) is 131 Å². The van der Waals surface area contributed by atoms with Crippen LogP contribution in [0.25, 0.3) is 82.8 Å². The Bertz CT molecular complexity index is 4350. The standard InChI is InChI=1S/C77H58N2/c1-5-24-53(25-6-1)62-39-20-26-55-27-21-42-67(74(55)62)65-36-14-17-46-72(65)78(61-35-19-28-56(52-61)64-41-22-43-68-66-37-15-18-47-73(66)79(76(64)68)59-33-11-4-12-34-59)60-50-48-54(49-51-60)63-40-23-45-71-75(63)69-38-13-16-44-70(69)77(71,57-29-7-2-8-30-57)58-31-9-3-10-32-58/h2-4,7-23,26-53H,1,5-6,24-25H2. The lowest BCUT2D eigenvalue weighted by Crippen LogP contribution is -2.28. The van der Waals surface area contributed by atoms with Gasteiger partial charge in [-0.15, -0.1) is 0 Å². The average Bonchev–Trinajstić information content (AvgIpc) is 4.18. The molecule has 1 saturated carbocycles. The quantitative estimate of drug-likeness (QED) is 0.133. The third-order valence-corrected chi connectivity index (χ3v) is 17.5. The van der Waals surface area contributed by atoms with E-state index < -0.39 is 5.41 Å². The van der Waals surface area contributed by atoms with Gasteiger partial charge in [0.2, 0.25) is 0 Å². The largest absolute Gasteiger partial charge is 0.310 e. The lowest BCUT2D eigenvalue weighted by atomic mass is 9.67. The lowest BCUT2D eigenvalue weighted by Gasteiger charge is -2.34. The fraction of sp³-hybridized carbons (Fsp3) is 0.0909. The molecule has 2 nitrogen and oxygen atoms in total. The molecule has 0 aliphatic heterocycles. The van der Waals surface area contributed by atoms with Crippen LogP contribution in [-0.4, -0.2) is 4.57 Å². The molecule has 2 aliphatic rings. The van der Waals surface area contributed by atoms with Crippen LogP contribution in [0, 0.1) is 0 Å². The molecule has 1 aromatic heterocycles. The number of hydrogen-bond acceptors (Lipinski definition) is 1. The van der Waals surface area contributed by atoms with Crippen LogP contribution in [0.1, 0.15) is 65.8 Å². The molecule has 12 aromatic carbocycles. The maximum Gasteiger partial charge on any atom is 0.0713 e. The molecule has 0 amide bonds. The van der Waals surface area contributed by atoms with Crippen molar-refractivity contribution in [2.24, 2.45) is 0 Å². The summed E-state index contributed by atoms with van der Waals surface area (Å²) in [4.78, 5) is 2.51. The highest BCUT2D eigenvalue weighted by Crippen LogP contribution is 2.58. The number of hydrogen-bond donors (Lipinski definition) is 0. The summed E-state index contributed by atoms with van der Waals surface area (Å²) in [5, 5.41) is 5.17. The maximum atomic E-state index is 2.51. The molecule has 0 spiro atoms. The first-order chi connectivity index (χ1) is 39.2. The fourth-order valence-corrected chi connectivity index (χ4v) is 14.1. The van der Waals surface area contributed by atoms with E-state index >= 15 is 0 Å². The molecular formula is C77H58N2. The first-order valence-electron chi connectivity index (χ1n) is 28.3. The highest BCUT2D eigenvalue weighted by atomic mass is 15.1. The highest BCUT2D eigenvalue weighted by molar-refractivity contribution is 6.14. The molecule has 376 valence electrons. The molecule has 1 heterocycles. The van der Waals surface area contributed by atoms with Crippen LogP contribution in [0.2, 0.25) is 0 Å². The van der Waals surface area contributed by atoms with E-state index in [4.69, 9.17) is 0 Å². The summed E-state index contributed by atoms with van der Waals surface area (Å²) in [5.41, 5.74) is 22.9. The first-order valence-corrected chi connectivity index (χ1v) is 28.3. The normalized spacial score (nSPS) is 13.9. The number of aromatic nitrogens is 1. The van der Waals surface area contributed by atoms with Gasteiger partial charge in [-0.3, -0.25) is 0 Å². The van der Waals surface area contributed by atoms with E-state index in [2.05, 4.69) is 295 Å². The monoisotopic (exact) mass is 1010 g/mol. The molecule has 79 heavy (non-hydrogen) atoms. The molecule has 13 aromatic rings. The molecule has 0 unspecified atom stereocenters. The van der Waals surface area contributed by atoms with Crippen molar-refractivity contribution in [3.63, 3.8) is 0 Å². The summed E-state index contributed by atoms with van der Waals surface area (Å²) in [6.07, 6.45) is 6.39. The number of rotatable bonds is 10. The van der Waals surface area contributed by atoms with Crippen molar-refractivity contribution in [1.29, 1.82) is 0 Å². The molecule has 0 bridgehead atoms. The zero-order valence-electron chi connectivity index (χ0n) is 44.1. The van der Waals surface area contributed by atoms with Gasteiger partial charge in [0.25, 0.3) is 0 Å². The minimum absolute atomic E-state index is 0.478. The summed E-state index contributed by atoms with van der Waals surface area (Å²) in [6.45, 7) is 0. The van der Waals surface area contributed by atoms with Gasteiger partial charge >= 0.3 is 0 Å². The number of anilines is 3. The van der Waals surface area contributed by atoms with Crippen molar-refractivity contribution < 1.29 is 0 Å². The Balaban J connectivity index is 0.931. The van der Waals surface area contributed by atoms with Gasteiger partial charge in [0.1, 0.15) is 0 Å². The van der Waals surface area contributed by atoms with Crippen LogP contribution in [0.15, 0.2) is 285 Å². The number of nitrogens with zero attached hydrogens (tertiary/aromatic N) is 2. The predicted molar refractivity (Wildman–Crippen MR) is 332 cm³/mol. The minimum atomic E-state index is -0.478. The van der Waals surface area contributed by atoms with E-state index in [-0.39, 0.29) is 0 Å². The first kappa shape index (κ1) is 46.8. The summed E-state index contributed by atoms with van der Waals surface area (Å²) >= 11 is 0. The SMILES string of the molecule is c1ccc(-n2c3ccccc3c3cccc(-c4cccc(N(c5ccc(-c6cccc7c6-c6ccccc6C7(c6ccccc6)c6ccccc6)cc5)c5ccccc5-c5cccc6cccc(C7CCCCC7)c56)c4)c32)cc1. The minimum Gasteiger partial charge on any atom is -0.310 e. The van der Waals surface area contributed by atoms with Gasteiger partial charge in [0.05, 0.1) is 22.1 Å². The van der Waals surface area contributed by atoms with E-state index in [0.717, 1.165) is 28.3 Å². The van der Waals surface area contributed by atoms with Crippen LogP contribution in [0.5, 0.6) is 0 Å². The molecule has 15 rings (SSSR count). The summed E-state index contributed by atoms with van der Waals surface area (Å²) in [5.74, 6) is 0.553. The zero-order chi connectivity index (χ0) is 52.3. The molecule has 2 heteroatoms. The molecule has 0 N–H and O–H groups in total. The maximum absolute atomic E-state index is 2.51. The van der Waals surface area contributed by atoms with E-state index in [1.54, 1.807) is 0 Å². The van der Waals surface area contributed by atoms with Crippen LogP contribution in [0.4, 0.5) is 17.1 Å². The molecule has 2 aliphatic carbocycles. The Morgan fingerprint density at radius 3 is 1.75 bits per heavy atom. The van der Waals surface area contributed by atoms with Crippen molar-refractivity contribution in [1.82, 2.24) is 4.57 Å². The van der Waals surface area contributed by atoms with E-state index in [9.17, 15) is 0 Å². The van der Waals surface area contributed by atoms with E-state index in [1.807, 2.05) is 0 Å². The third-order valence-electron chi connectivity index (χ3n) is 17.5. The molecule has 0 radical (unpaired) electrons. The van der Waals surface area contributed by atoms with Crippen LogP contribution < -0.4 is 4.90 Å². The summed E-state index contributed by atoms with van der Waals surface area (Å²) < 4.78 is 2.45. The molecular weight excluding hydrogens is 953 g/mol. The average molecular weight is 1010 g/mol. The topological polar surface area (TPSA) is 8.17 Å². The highest BCUT2D eigenvalue weighted by Gasteiger charge is 2.46. The van der Waals surface area contributed by atoms with Gasteiger partial charge in [-0.1, -0.05) is 256 Å². The van der Waals surface area contributed by atoms with Crippen molar-refractivity contribution in [3.8, 4) is 50.2 Å². The van der Waals surface area contributed by atoms with E-state index in [0.29, 0.717) is 5.92 Å². The van der Waals surface area contributed by atoms with Crippen LogP contribution in [-0.2, 0) is 5.41 Å². The second-order valence-corrected chi connectivity index (χ2v) is 21.7. The second-order valence-electron chi connectivity index (χ2n) is 21.7. The molecule has 0 saturated heterocycles. The lowest BCUT2D eigenvalue weighted by molar-refractivity contribution is 0.445.